The van der Waals surface area contributed by atoms with Gasteiger partial charge in [0.25, 0.3) is 17.7 Å². The molecule has 5 aromatic rings. The van der Waals surface area contributed by atoms with E-state index in [0.717, 1.165) is 5.56 Å². The standard InChI is InChI=1S/C43H47FN6O7Si/c1-27-39(58(4,5)44)38(20-22-49-26-33(21-23-51)47-48-49)57-43(27)36-24-32(46-41(53)30-10-17-35(56-3)18-11-30)14-19-37(36)50(42(43)54)25-28-6-12-31(13-7-28)45-40(52)29-8-15-34(55-2)16-9-29/h6-19,24,26-27,38-39,51H,20-23,25H2,1-5H3,(H,45,52)(H,46,53)/t27-,38+,39-,43+/m1/s1. The molecule has 0 bridgehead atoms. The lowest BCUT2D eigenvalue weighted by Crippen LogP contribution is -2.45. The zero-order chi connectivity index (χ0) is 41.2. The molecule has 58 heavy (non-hydrogen) atoms. The summed E-state index contributed by atoms with van der Waals surface area (Å²) in [6, 6.07) is 26.1. The van der Waals surface area contributed by atoms with Crippen LogP contribution in [0.3, 0.4) is 0 Å². The van der Waals surface area contributed by atoms with Crippen molar-refractivity contribution in [2.75, 3.05) is 36.4 Å². The van der Waals surface area contributed by atoms with Gasteiger partial charge in [-0.3, -0.25) is 19.1 Å². The number of hydrogen-bond acceptors (Lipinski definition) is 9. The van der Waals surface area contributed by atoms with Crippen LogP contribution >= 0.6 is 0 Å². The smallest absolute Gasteiger partial charge is 0.264 e. The van der Waals surface area contributed by atoms with Gasteiger partial charge in [0.05, 0.1) is 38.2 Å². The molecule has 1 fully saturated rings. The minimum atomic E-state index is -3.47. The molecule has 1 aromatic heterocycles. The number of carbonyl (C=O) groups excluding carboxylic acids is 3. The summed E-state index contributed by atoms with van der Waals surface area (Å²) in [6.07, 6.45) is 1.87. The second-order valence-electron chi connectivity index (χ2n) is 15.2. The van der Waals surface area contributed by atoms with Crippen molar-refractivity contribution in [2.24, 2.45) is 5.92 Å². The number of methoxy groups -OCH3 is 2. The van der Waals surface area contributed by atoms with E-state index in [9.17, 15) is 14.7 Å². The Hall–Kier alpha value is -5.90. The molecule has 0 unspecified atom stereocenters. The van der Waals surface area contributed by atoms with Crippen molar-refractivity contribution in [1.82, 2.24) is 15.0 Å². The third-order valence-electron chi connectivity index (χ3n) is 11.1. The van der Waals surface area contributed by atoms with Crippen molar-refractivity contribution in [3.05, 3.63) is 125 Å². The Labute approximate surface area is 337 Å². The lowest BCUT2D eigenvalue weighted by Gasteiger charge is -2.31. The molecule has 302 valence electrons. The number of aliphatic hydroxyl groups is 1. The lowest BCUT2D eigenvalue weighted by atomic mass is 9.82. The quantitative estimate of drug-likeness (QED) is 0.0817. The van der Waals surface area contributed by atoms with Gasteiger partial charge in [0.15, 0.2) is 5.60 Å². The van der Waals surface area contributed by atoms with Crippen LogP contribution in [0.15, 0.2) is 97.2 Å². The Morgan fingerprint density at radius 1 is 0.897 bits per heavy atom. The number of aliphatic hydroxyl groups excluding tert-OH is 1. The number of amides is 3. The Kier molecular flexibility index (Phi) is 11.5. The highest BCUT2D eigenvalue weighted by Crippen LogP contribution is 2.60. The van der Waals surface area contributed by atoms with Crippen LogP contribution in [0.1, 0.15) is 50.9 Å². The summed E-state index contributed by atoms with van der Waals surface area (Å²) in [5.74, 6) is -0.242. The van der Waals surface area contributed by atoms with E-state index in [1.807, 2.05) is 19.1 Å². The number of nitrogens with one attached hydrogen (secondary N) is 2. The second kappa shape index (κ2) is 16.5. The minimum Gasteiger partial charge on any atom is -0.497 e. The lowest BCUT2D eigenvalue weighted by molar-refractivity contribution is -0.146. The van der Waals surface area contributed by atoms with Crippen LogP contribution < -0.4 is 25.0 Å². The molecule has 0 radical (unpaired) electrons. The number of nitrogens with zero attached hydrogens (tertiary/aromatic N) is 4. The van der Waals surface area contributed by atoms with Gasteiger partial charge in [-0.1, -0.05) is 24.3 Å². The third-order valence-corrected chi connectivity index (χ3v) is 13.5. The maximum absolute atomic E-state index is 16.5. The summed E-state index contributed by atoms with van der Waals surface area (Å²) in [5, 5.41) is 23.5. The van der Waals surface area contributed by atoms with Crippen LogP contribution in [0, 0.1) is 5.92 Å². The van der Waals surface area contributed by atoms with Crippen LogP contribution in [0.25, 0.3) is 0 Å². The predicted molar refractivity (Wildman–Crippen MR) is 219 cm³/mol. The largest absolute Gasteiger partial charge is 0.497 e. The number of aryl methyl sites for hydroxylation is 1. The van der Waals surface area contributed by atoms with Gasteiger partial charge in [-0.05, 0) is 104 Å². The average molecular weight is 807 g/mol. The Balaban J connectivity index is 1.19. The Morgan fingerprint density at radius 2 is 1.48 bits per heavy atom. The van der Waals surface area contributed by atoms with Gasteiger partial charge in [-0.15, -0.1) is 5.10 Å². The number of ether oxygens (including phenoxy) is 3. The highest BCUT2D eigenvalue weighted by molar-refractivity contribution is 6.72. The topological polar surface area (TPSA) is 157 Å². The summed E-state index contributed by atoms with van der Waals surface area (Å²) < 4.78 is 35.6. The molecule has 4 aromatic carbocycles. The number of halogens is 1. The zero-order valence-electron chi connectivity index (χ0n) is 33.1. The fraction of sp³-hybridized carbons (Fsp3) is 0.326. The SMILES string of the molecule is COc1ccc(C(=O)Nc2ccc(CN3C(=O)[C@@]4(O[C@@H](CCn5cc(CCO)nn5)[C@H]([Si](C)(C)F)[C@H]4C)c4cc(NC(=O)c5ccc(OC)cc5)ccc43)cc2)cc1. The number of aromatic nitrogens is 3. The molecule has 3 heterocycles. The predicted octanol–water partition coefficient (Wildman–Crippen LogP) is 6.75. The van der Waals surface area contributed by atoms with Gasteiger partial charge in [0.1, 0.15) is 11.5 Å². The number of hydrogen-bond donors (Lipinski definition) is 3. The summed E-state index contributed by atoms with van der Waals surface area (Å²) in [4.78, 5) is 43.1. The van der Waals surface area contributed by atoms with Crippen molar-refractivity contribution in [3.63, 3.8) is 0 Å². The number of benzene rings is 4. The van der Waals surface area contributed by atoms with Crippen LogP contribution in [0.5, 0.6) is 11.5 Å². The molecule has 15 heteroatoms. The maximum atomic E-state index is 16.5. The maximum Gasteiger partial charge on any atom is 0.264 e. The summed E-state index contributed by atoms with van der Waals surface area (Å²) in [6.45, 7) is 5.68. The normalized spacial score (nSPS) is 19.9. The summed E-state index contributed by atoms with van der Waals surface area (Å²) in [7, 11) is -0.358. The van der Waals surface area contributed by atoms with Crippen molar-refractivity contribution in [2.45, 2.75) is 63.2 Å². The van der Waals surface area contributed by atoms with Gasteiger partial charge in [-0.2, -0.15) is 0 Å². The molecule has 1 spiro atoms. The first-order valence-corrected chi connectivity index (χ1v) is 22.1. The molecule has 3 N–H and O–H groups in total. The molecule has 2 aliphatic rings. The van der Waals surface area contributed by atoms with E-state index in [0.29, 0.717) is 70.3 Å². The summed E-state index contributed by atoms with van der Waals surface area (Å²) in [5.41, 5.74) is 2.41. The van der Waals surface area contributed by atoms with Crippen molar-refractivity contribution >= 4 is 43.2 Å². The number of rotatable bonds is 14. The molecule has 0 aliphatic carbocycles. The van der Waals surface area contributed by atoms with Crippen LogP contribution in [0.2, 0.25) is 18.6 Å². The molecule has 4 atom stereocenters. The van der Waals surface area contributed by atoms with E-state index in [4.69, 9.17) is 14.2 Å². The van der Waals surface area contributed by atoms with E-state index in [1.54, 1.807) is 122 Å². The van der Waals surface area contributed by atoms with Crippen molar-refractivity contribution in [1.29, 1.82) is 0 Å². The molecular weight excluding hydrogens is 760 g/mol. The van der Waals surface area contributed by atoms with E-state index >= 15 is 8.90 Å². The molecular formula is C43H47FN6O7Si. The van der Waals surface area contributed by atoms with Crippen molar-refractivity contribution in [3.8, 4) is 11.5 Å². The fourth-order valence-electron chi connectivity index (χ4n) is 8.26. The zero-order valence-corrected chi connectivity index (χ0v) is 34.1. The Bertz CT molecular complexity index is 2280. The number of anilines is 3. The van der Waals surface area contributed by atoms with E-state index in [2.05, 4.69) is 20.9 Å². The molecule has 13 nitrogen and oxygen atoms in total. The molecule has 1 saturated heterocycles. The number of fused-ring (bicyclic) bond motifs is 2. The van der Waals surface area contributed by atoms with Crippen LogP contribution in [0.4, 0.5) is 21.2 Å². The first kappa shape index (κ1) is 40.3. The van der Waals surface area contributed by atoms with Crippen molar-refractivity contribution < 1.29 is 37.8 Å². The minimum absolute atomic E-state index is 0.0555. The highest BCUT2D eigenvalue weighted by Gasteiger charge is 2.66. The molecule has 3 amide bonds. The molecule has 0 saturated carbocycles. The summed E-state index contributed by atoms with van der Waals surface area (Å²) >= 11 is 0. The highest BCUT2D eigenvalue weighted by atomic mass is 28.4. The average Bonchev–Trinajstić information content (AvgIpc) is 3.87. The molecule has 2 aliphatic heterocycles. The van der Waals surface area contributed by atoms with E-state index in [-0.39, 0.29) is 30.9 Å². The second-order valence-corrected chi connectivity index (χ2v) is 19.0. The van der Waals surface area contributed by atoms with Gasteiger partial charge in [0.2, 0.25) is 8.41 Å². The first-order valence-electron chi connectivity index (χ1n) is 19.2. The third kappa shape index (κ3) is 7.97. The molecule has 7 rings (SSSR count). The van der Waals surface area contributed by atoms with Crippen LogP contribution in [-0.2, 0) is 34.6 Å². The van der Waals surface area contributed by atoms with Gasteiger partial charge >= 0.3 is 0 Å². The fourth-order valence-corrected chi connectivity index (χ4v) is 10.8. The first-order chi connectivity index (χ1) is 27.8. The van der Waals surface area contributed by atoms with Gasteiger partial charge in [-0.25, -0.2) is 0 Å². The van der Waals surface area contributed by atoms with E-state index < -0.39 is 31.6 Å². The van der Waals surface area contributed by atoms with Crippen LogP contribution in [-0.4, -0.2) is 73.2 Å². The van der Waals surface area contributed by atoms with Gasteiger partial charge < -0.3 is 39.0 Å². The monoisotopic (exact) mass is 806 g/mol. The Morgan fingerprint density at radius 3 is 2.05 bits per heavy atom. The van der Waals surface area contributed by atoms with E-state index in [1.165, 1.54) is 0 Å². The van der Waals surface area contributed by atoms with Gasteiger partial charge in [0, 0.05) is 65.3 Å². The number of carbonyl (C=O) groups is 3.